The third-order valence-corrected chi connectivity index (χ3v) is 4.54. The predicted molar refractivity (Wildman–Crippen MR) is 74.7 cm³/mol. The second kappa shape index (κ2) is 7.43. The summed E-state index contributed by atoms with van der Waals surface area (Å²) in [4.78, 5) is 2.52. The lowest BCUT2D eigenvalue weighted by atomic mass is 9.82. The van der Waals surface area contributed by atoms with Crippen LogP contribution < -0.4 is 5.73 Å². The summed E-state index contributed by atoms with van der Waals surface area (Å²) in [6.07, 6.45) is 2.25. The fourth-order valence-corrected chi connectivity index (χ4v) is 2.93. The summed E-state index contributed by atoms with van der Waals surface area (Å²) in [6.45, 7) is 10.9. The zero-order chi connectivity index (χ0) is 13.6. The van der Waals surface area contributed by atoms with Gasteiger partial charge in [0.15, 0.2) is 0 Å². The molecule has 0 aromatic heterocycles. The predicted octanol–water partition coefficient (Wildman–Crippen LogP) is 1.49. The molecule has 0 aromatic rings. The fourth-order valence-electron chi connectivity index (χ4n) is 2.93. The normalized spacial score (nSPS) is 25.3. The molecular formula is C14H30N2O2. The van der Waals surface area contributed by atoms with Gasteiger partial charge < -0.3 is 15.2 Å². The summed E-state index contributed by atoms with van der Waals surface area (Å²) >= 11 is 0. The molecule has 0 bridgehead atoms. The van der Waals surface area contributed by atoms with Crippen LogP contribution in [0.25, 0.3) is 0 Å². The van der Waals surface area contributed by atoms with Gasteiger partial charge in [-0.15, -0.1) is 0 Å². The average molecular weight is 258 g/mol. The molecule has 3 unspecified atom stereocenters. The number of nitrogens with two attached hydrogens (primary N) is 1. The first kappa shape index (κ1) is 15.9. The molecule has 4 heteroatoms. The third-order valence-electron chi connectivity index (χ3n) is 4.54. The first-order chi connectivity index (χ1) is 8.60. The van der Waals surface area contributed by atoms with Crippen molar-refractivity contribution in [3.8, 4) is 0 Å². The Bertz CT molecular complexity index is 232. The van der Waals surface area contributed by atoms with Crippen LogP contribution in [0, 0.1) is 5.92 Å². The van der Waals surface area contributed by atoms with E-state index >= 15 is 0 Å². The highest BCUT2D eigenvalue weighted by atomic mass is 16.5. The maximum atomic E-state index is 6.11. The van der Waals surface area contributed by atoms with Crippen LogP contribution in [0.2, 0.25) is 0 Å². The first-order valence-electron chi connectivity index (χ1n) is 7.13. The van der Waals surface area contributed by atoms with Crippen LogP contribution in [0.3, 0.4) is 0 Å². The van der Waals surface area contributed by atoms with Crippen LogP contribution in [-0.4, -0.2) is 56.5 Å². The van der Waals surface area contributed by atoms with Gasteiger partial charge in [-0.25, -0.2) is 0 Å². The van der Waals surface area contributed by atoms with Crippen molar-refractivity contribution in [3.63, 3.8) is 0 Å². The van der Waals surface area contributed by atoms with E-state index < -0.39 is 0 Å². The van der Waals surface area contributed by atoms with Gasteiger partial charge in [0.1, 0.15) is 0 Å². The molecule has 1 aliphatic rings. The van der Waals surface area contributed by atoms with E-state index in [0.29, 0.717) is 18.5 Å². The molecule has 18 heavy (non-hydrogen) atoms. The average Bonchev–Trinajstić information content (AvgIpc) is 2.92. The summed E-state index contributed by atoms with van der Waals surface area (Å²) in [6, 6.07) is 0.522. The molecule has 0 radical (unpaired) electrons. The second-order valence-electron chi connectivity index (χ2n) is 5.57. The van der Waals surface area contributed by atoms with E-state index in [1.807, 2.05) is 0 Å². The van der Waals surface area contributed by atoms with Gasteiger partial charge in [0.2, 0.25) is 0 Å². The molecule has 1 heterocycles. The Morgan fingerprint density at radius 1 is 1.56 bits per heavy atom. The summed E-state index contributed by atoms with van der Waals surface area (Å²) in [7, 11) is 1.76. The minimum absolute atomic E-state index is 0.0183. The van der Waals surface area contributed by atoms with Crippen molar-refractivity contribution in [1.82, 2.24) is 4.90 Å². The van der Waals surface area contributed by atoms with Gasteiger partial charge in [-0.1, -0.05) is 6.92 Å². The minimum Gasteiger partial charge on any atom is -0.383 e. The summed E-state index contributed by atoms with van der Waals surface area (Å²) in [5.41, 5.74) is 6.13. The van der Waals surface area contributed by atoms with E-state index in [1.54, 1.807) is 7.11 Å². The van der Waals surface area contributed by atoms with E-state index in [-0.39, 0.29) is 5.54 Å². The van der Waals surface area contributed by atoms with Crippen LogP contribution in [0.1, 0.15) is 33.6 Å². The van der Waals surface area contributed by atoms with Gasteiger partial charge in [0.05, 0.1) is 13.2 Å². The van der Waals surface area contributed by atoms with Gasteiger partial charge in [-0.2, -0.15) is 0 Å². The lowest BCUT2D eigenvalue weighted by Crippen LogP contribution is -2.60. The summed E-state index contributed by atoms with van der Waals surface area (Å²) < 4.78 is 10.8. The molecule has 0 saturated carbocycles. The van der Waals surface area contributed by atoms with Gasteiger partial charge >= 0.3 is 0 Å². The Labute approximate surface area is 112 Å². The molecule has 1 fully saturated rings. The molecule has 0 aliphatic carbocycles. The number of methoxy groups -OCH3 is 1. The van der Waals surface area contributed by atoms with Crippen molar-refractivity contribution in [2.24, 2.45) is 11.7 Å². The maximum Gasteiger partial charge on any atom is 0.0590 e. The Kier molecular flexibility index (Phi) is 6.57. The molecule has 2 N–H and O–H groups in total. The molecule has 1 aliphatic heterocycles. The Hall–Kier alpha value is -0.160. The second-order valence-corrected chi connectivity index (χ2v) is 5.57. The van der Waals surface area contributed by atoms with E-state index in [2.05, 4.69) is 25.7 Å². The van der Waals surface area contributed by atoms with Gasteiger partial charge in [-0.05, 0) is 26.7 Å². The van der Waals surface area contributed by atoms with Crippen molar-refractivity contribution >= 4 is 0 Å². The van der Waals surface area contributed by atoms with Crippen LogP contribution in [0.4, 0.5) is 0 Å². The van der Waals surface area contributed by atoms with E-state index in [9.17, 15) is 0 Å². The van der Waals surface area contributed by atoms with Crippen molar-refractivity contribution < 1.29 is 9.47 Å². The lowest BCUT2D eigenvalue weighted by molar-refractivity contribution is -0.00237. The van der Waals surface area contributed by atoms with Gasteiger partial charge in [0, 0.05) is 44.3 Å². The molecule has 0 aromatic carbocycles. The zero-order valence-electron chi connectivity index (χ0n) is 12.4. The molecule has 1 rings (SSSR count). The quantitative estimate of drug-likeness (QED) is 0.716. The number of ether oxygens (including phenoxy) is 2. The Balaban J connectivity index is 2.82. The lowest BCUT2D eigenvalue weighted by Gasteiger charge is -2.47. The number of nitrogens with zero attached hydrogens (tertiary/aromatic N) is 1. The number of hydrogen-bond acceptors (Lipinski definition) is 4. The smallest absolute Gasteiger partial charge is 0.0590 e. The van der Waals surface area contributed by atoms with E-state index in [0.717, 1.165) is 39.2 Å². The Morgan fingerprint density at radius 2 is 2.28 bits per heavy atom. The maximum absolute atomic E-state index is 6.11. The molecule has 0 amide bonds. The highest BCUT2D eigenvalue weighted by Gasteiger charge is 2.41. The highest BCUT2D eigenvalue weighted by molar-refractivity contribution is 4.97. The topological polar surface area (TPSA) is 47.7 Å². The Morgan fingerprint density at radius 3 is 2.72 bits per heavy atom. The van der Waals surface area contributed by atoms with E-state index in [1.165, 1.54) is 0 Å². The van der Waals surface area contributed by atoms with Crippen LogP contribution in [0.5, 0.6) is 0 Å². The minimum atomic E-state index is 0.0183. The highest BCUT2D eigenvalue weighted by Crippen LogP contribution is 2.32. The van der Waals surface area contributed by atoms with Crippen LogP contribution >= 0.6 is 0 Å². The molecule has 0 spiro atoms. The molecule has 1 saturated heterocycles. The fraction of sp³-hybridized carbons (Fsp3) is 1.00. The monoisotopic (exact) mass is 258 g/mol. The largest absolute Gasteiger partial charge is 0.383 e. The van der Waals surface area contributed by atoms with Crippen LogP contribution in [0.15, 0.2) is 0 Å². The van der Waals surface area contributed by atoms with Gasteiger partial charge in [0.25, 0.3) is 0 Å². The van der Waals surface area contributed by atoms with Crippen molar-refractivity contribution in [3.05, 3.63) is 0 Å². The standard InChI is InChI=1S/C14H30N2O2/c1-5-12(2)16(7-9-17-4)14(3,11-15)13-6-8-18-10-13/h12-13H,5-11,15H2,1-4H3. The SMILES string of the molecule is CCC(C)N(CCOC)C(C)(CN)C1CCOC1. The van der Waals surface area contributed by atoms with Crippen molar-refractivity contribution in [2.45, 2.75) is 45.2 Å². The van der Waals surface area contributed by atoms with Crippen molar-refractivity contribution in [1.29, 1.82) is 0 Å². The van der Waals surface area contributed by atoms with Crippen LogP contribution in [-0.2, 0) is 9.47 Å². The summed E-state index contributed by atoms with van der Waals surface area (Å²) in [5, 5.41) is 0. The molecule has 4 nitrogen and oxygen atoms in total. The summed E-state index contributed by atoms with van der Waals surface area (Å²) in [5.74, 6) is 0.536. The first-order valence-corrected chi connectivity index (χ1v) is 7.13. The van der Waals surface area contributed by atoms with Crippen molar-refractivity contribution in [2.75, 3.05) is 40.0 Å². The number of rotatable bonds is 8. The third kappa shape index (κ3) is 3.44. The zero-order valence-corrected chi connectivity index (χ0v) is 12.4. The molecular weight excluding hydrogens is 228 g/mol. The number of hydrogen-bond donors (Lipinski definition) is 1. The molecule has 108 valence electrons. The molecule has 3 atom stereocenters. The van der Waals surface area contributed by atoms with E-state index in [4.69, 9.17) is 15.2 Å². The van der Waals surface area contributed by atoms with Gasteiger partial charge in [-0.3, -0.25) is 4.90 Å².